The molecule has 2 heterocycles. The first-order valence-electron chi connectivity index (χ1n) is 4.99. The van der Waals surface area contributed by atoms with E-state index in [2.05, 4.69) is 15.5 Å². The lowest BCUT2D eigenvalue weighted by Crippen LogP contribution is -2.28. The van der Waals surface area contributed by atoms with Gasteiger partial charge in [0.2, 0.25) is 0 Å². The molecule has 0 aliphatic carbocycles. The molecule has 0 aliphatic heterocycles. The van der Waals surface area contributed by atoms with Gasteiger partial charge in [0.05, 0.1) is 11.1 Å². The van der Waals surface area contributed by atoms with Crippen molar-refractivity contribution in [3.63, 3.8) is 0 Å². The van der Waals surface area contributed by atoms with Gasteiger partial charge in [0.15, 0.2) is 0 Å². The van der Waals surface area contributed by atoms with Crippen LogP contribution in [0.25, 0.3) is 11.1 Å². The molecule has 0 unspecified atom stereocenters. The molecule has 1 amide bonds. The molecule has 5 nitrogen and oxygen atoms in total. The van der Waals surface area contributed by atoms with E-state index in [0.29, 0.717) is 22.3 Å². The zero-order valence-corrected chi connectivity index (χ0v) is 10.4. The fourth-order valence-electron chi connectivity index (χ4n) is 1.35. The fourth-order valence-corrected chi connectivity index (χ4v) is 2.58. The predicted octanol–water partition coefficient (Wildman–Crippen LogP) is 1.48. The molecule has 4 N–H and O–H groups in total. The number of thiophene rings is 1. The van der Waals surface area contributed by atoms with E-state index in [1.807, 2.05) is 0 Å². The van der Waals surface area contributed by atoms with Gasteiger partial charge in [-0.25, -0.2) is 0 Å². The van der Waals surface area contributed by atoms with Crippen molar-refractivity contribution in [2.75, 3.05) is 13.1 Å². The molecule has 0 atom stereocenters. The maximum atomic E-state index is 11.7. The third kappa shape index (κ3) is 2.66. The monoisotopic (exact) mass is 270 g/mol. The lowest BCUT2D eigenvalue weighted by Gasteiger charge is -1.99. The van der Waals surface area contributed by atoms with Gasteiger partial charge >= 0.3 is 0 Å². The van der Waals surface area contributed by atoms with E-state index in [1.54, 1.807) is 18.5 Å². The highest BCUT2D eigenvalue weighted by molar-refractivity contribution is 7.18. The SMILES string of the molecule is NCCNC(=O)c1cc(-c2cn[nH]c2)c(Cl)s1. The van der Waals surface area contributed by atoms with Crippen molar-refractivity contribution in [1.82, 2.24) is 15.5 Å². The summed E-state index contributed by atoms with van der Waals surface area (Å²) in [6.07, 6.45) is 3.39. The molecule has 0 radical (unpaired) electrons. The lowest BCUT2D eigenvalue weighted by atomic mass is 10.2. The van der Waals surface area contributed by atoms with Gasteiger partial charge in [-0.05, 0) is 6.07 Å². The highest BCUT2D eigenvalue weighted by atomic mass is 35.5. The summed E-state index contributed by atoms with van der Waals surface area (Å²) in [6.45, 7) is 0.870. The zero-order valence-electron chi connectivity index (χ0n) is 8.87. The third-order valence-corrected chi connectivity index (χ3v) is 3.51. The summed E-state index contributed by atoms with van der Waals surface area (Å²) >= 11 is 7.33. The molecule has 0 spiro atoms. The lowest BCUT2D eigenvalue weighted by molar-refractivity contribution is 0.0959. The molecule has 90 valence electrons. The average molecular weight is 271 g/mol. The standard InChI is InChI=1S/C10H11ClN4OS/c11-9-7(6-4-14-15-5-6)3-8(17-9)10(16)13-2-1-12/h3-5H,1-2,12H2,(H,13,16)(H,14,15). The van der Waals surface area contributed by atoms with E-state index >= 15 is 0 Å². The Bertz CT molecular complexity index is 508. The van der Waals surface area contributed by atoms with E-state index < -0.39 is 0 Å². The van der Waals surface area contributed by atoms with Crippen molar-refractivity contribution >= 4 is 28.8 Å². The number of rotatable bonds is 4. The number of nitrogens with two attached hydrogens (primary N) is 1. The van der Waals surface area contributed by atoms with Crippen LogP contribution in [0.5, 0.6) is 0 Å². The minimum absolute atomic E-state index is 0.155. The molecule has 2 rings (SSSR count). The molecule has 7 heteroatoms. The smallest absolute Gasteiger partial charge is 0.261 e. The van der Waals surface area contributed by atoms with Crippen LogP contribution in [-0.2, 0) is 0 Å². The Morgan fingerprint density at radius 1 is 1.65 bits per heavy atom. The zero-order chi connectivity index (χ0) is 12.3. The normalized spacial score (nSPS) is 10.5. The number of nitrogens with one attached hydrogen (secondary N) is 2. The van der Waals surface area contributed by atoms with Gasteiger partial charge < -0.3 is 11.1 Å². The summed E-state index contributed by atoms with van der Waals surface area (Å²) in [7, 11) is 0. The Kier molecular flexibility index (Phi) is 3.78. The maximum Gasteiger partial charge on any atom is 0.261 e. The van der Waals surface area contributed by atoms with Gasteiger partial charge in [-0.2, -0.15) is 5.10 Å². The topological polar surface area (TPSA) is 83.8 Å². The summed E-state index contributed by atoms with van der Waals surface area (Å²) in [6, 6.07) is 1.75. The van der Waals surface area contributed by atoms with Gasteiger partial charge in [-0.3, -0.25) is 9.89 Å². The third-order valence-electron chi connectivity index (χ3n) is 2.15. The van der Waals surface area contributed by atoms with E-state index in [0.717, 1.165) is 11.1 Å². The van der Waals surface area contributed by atoms with Crippen LogP contribution in [0.1, 0.15) is 9.67 Å². The maximum absolute atomic E-state index is 11.7. The van der Waals surface area contributed by atoms with Crippen molar-refractivity contribution in [3.05, 3.63) is 27.7 Å². The van der Waals surface area contributed by atoms with Crippen LogP contribution in [0, 0.1) is 0 Å². The quantitative estimate of drug-likeness (QED) is 0.787. The number of hydrogen-bond donors (Lipinski definition) is 3. The molecule has 0 aliphatic rings. The van der Waals surface area contributed by atoms with Crippen LogP contribution in [0.4, 0.5) is 0 Å². The van der Waals surface area contributed by atoms with E-state index in [4.69, 9.17) is 17.3 Å². The van der Waals surface area contributed by atoms with Crippen LogP contribution in [0.3, 0.4) is 0 Å². The summed E-state index contributed by atoms with van der Waals surface area (Å²) in [4.78, 5) is 12.3. The Labute approximate surface area is 107 Å². The fraction of sp³-hybridized carbons (Fsp3) is 0.200. The molecule has 0 fully saturated rings. The highest BCUT2D eigenvalue weighted by Crippen LogP contribution is 2.35. The van der Waals surface area contributed by atoms with Crippen LogP contribution in [0.15, 0.2) is 18.5 Å². The number of halogens is 1. The second kappa shape index (κ2) is 5.31. The van der Waals surface area contributed by atoms with E-state index in [1.165, 1.54) is 11.3 Å². The molecule has 0 aromatic carbocycles. The number of amides is 1. The van der Waals surface area contributed by atoms with Gasteiger partial charge in [0.1, 0.15) is 4.34 Å². The first-order chi connectivity index (χ1) is 8.22. The first kappa shape index (κ1) is 12.1. The van der Waals surface area contributed by atoms with E-state index in [-0.39, 0.29) is 5.91 Å². The molecular weight excluding hydrogens is 260 g/mol. The Hall–Kier alpha value is -1.37. The Balaban J connectivity index is 2.22. The summed E-state index contributed by atoms with van der Waals surface area (Å²) in [5, 5.41) is 9.25. The van der Waals surface area contributed by atoms with Gasteiger partial charge in [0.25, 0.3) is 5.91 Å². The summed E-state index contributed by atoms with van der Waals surface area (Å²) in [5.74, 6) is -0.155. The largest absolute Gasteiger partial charge is 0.350 e. The number of aromatic nitrogens is 2. The number of H-pyrrole nitrogens is 1. The minimum atomic E-state index is -0.155. The second-order valence-electron chi connectivity index (χ2n) is 3.33. The number of carbonyl (C=O) groups is 1. The molecule has 17 heavy (non-hydrogen) atoms. The van der Waals surface area contributed by atoms with Crippen molar-refractivity contribution in [3.8, 4) is 11.1 Å². The van der Waals surface area contributed by atoms with Crippen LogP contribution in [0.2, 0.25) is 4.34 Å². The summed E-state index contributed by atoms with van der Waals surface area (Å²) in [5.41, 5.74) is 6.99. The van der Waals surface area contributed by atoms with Crippen LogP contribution < -0.4 is 11.1 Å². The summed E-state index contributed by atoms with van der Waals surface area (Å²) < 4.78 is 0.573. The number of aromatic amines is 1. The number of carbonyl (C=O) groups excluding carboxylic acids is 1. The molecule has 0 saturated heterocycles. The minimum Gasteiger partial charge on any atom is -0.350 e. The van der Waals surface area contributed by atoms with Crippen molar-refractivity contribution < 1.29 is 4.79 Å². The van der Waals surface area contributed by atoms with Gasteiger partial charge in [0, 0.05) is 30.4 Å². The molecular formula is C10H11ClN4OS. The van der Waals surface area contributed by atoms with Crippen molar-refractivity contribution in [2.24, 2.45) is 5.73 Å². The van der Waals surface area contributed by atoms with Crippen LogP contribution >= 0.6 is 22.9 Å². The Morgan fingerprint density at radius 3 is 3.12 bits per heavy atom. The van der Waals surface area contributed by atoms with E-state index in [9.17, 15) is 4.79 Å². The first-order valence-corrected chi connectivity index (χ1v) is 6.18. The Morgan fingerprint density at radius 2 is 2.47 bits per heavy atom. The molecule has 0 bridgehead atoms. The number of nitrogens with zero attached hydrogens (tertiary/aromatic N) is 1. The van der Waals surface area contributed by atoms with Crippen LogP contribution in [-0.4, -0.2) is 29.2 Å². The molecule has 2 aromatic heterocycles. The second-order valence-corrected chi connectivity index (χ2v) is 4.98. The number of hydrogen-bond acceptors (Lipinski definition) is 4. The van der Waals surface area contributed by atoms with Crippen molar-refractivity contribution in [2.45, 2.75) is 0 Å². The average Bonchev–Trinajstić information content (AvgIpc) is 2.94. The molecule has 2 aromatic rings. The van der Waals surface area contributed by atoms with Gasteiger partial charge in [-0.15, -0.1) is 11.3 Å². The highest BCUT2D eigenvalue weighted by Gasteiger charge is 2.14. The van der Waals surface area contributed by atoms with Gasteiger partial charge in [-0.1, -0.05) is 11.6 Å². The molecule has 0 saturated carbocycles. The predicted molar refractivity (Wildman–Crippen MR) is 68.3 cm³/mol. The van der Waals surface area contributed by atoms with Crippen molar-refractivity contribution in [1.29, 1.82) is 0 Å².